The van der Waals surface area contributed by atoms with Crippen molar-refractivity contribution >= 4 is 5.91 Å². The van der Waals surface area contributed by atoms with Crippen LogP contribution in [-0.4, -0.2) is 54.5 Å². The Morgan fingerprint density at radius 2 is 1.91 bits per heavy atom. The molecule has 2 aliphatic rings. The van der Waals surface area contributed by atoms with E-state index in [0.717, 1.165) is 51.1 Å². The van der Waals surface area contributed by atoms with Gasteiger partial charge in [0.15, 0.2) is 0 Å². The summed E-state index contributed by atoms with van der Waals surface area (Å²) >= 11 is 0. The number of halogens is 1. The van der Waals surface area contributed by atoms with Gasteiger partial charge in [-0.2, -0.15) is 0 Å². The van der Waals surface area contributed by atoms with Gasteiger partial charge in [0.05, 0.1) is 0 Å². The number of rotatable bonds is 3. The van der Waals surface area contributed by atoms with Crippen LogP contribution in [0, 0.1) is 5.82 Å². The zero-order valence-electron chi connectivity index (χ0n) is 13.1. The van der Waals surface area contributed by atoms with Crippen LogP contribution in [-0.2, 0) is 4.79 Å². The summed E-state index contributed by atoms with van der Waals surface area (Å²) in [5.41, 5.74) is 0.896. The number of carbonyl (C=O) groups is 1. The first-order valence-electron chi connectivity index (χ1n) is 8.17. The molecule has 1 aromatic carbocycles. The molecule has 2 saturated heterocycles. The summed E-state index contributed by atoms with van der Waals surface area (Å²) in [4.78, 5) is 17.2. The van der Waals surface area contributed by atoms with Crippen molar-refractivity contribution in [2.75, 3.05) is 32.7 Å². The average molecular weight is 305 g/mol. The zero-order valence-corrected chi connectivity index (χ0v) is 13.1. The number of benzene rings is 1. The molecule has 0 bridgehead atoms. The van der Waals surface area contributed by atoms with Gasteiger partial charge in [0.2, 0.25) is 5.91 Å². The topological polar surface area (TPSA) is 35.6 Å². The van der Waals surface area contributed by atoms with Crippen molar-refractivity contribution in [3.63, 3.8) is 0 Å². The van der Waals surface area contributed by atoms with Crippen LogP contribution < -0.4 is 5.32 Å². The number of hydrogen-bond donors (Lipinski definition) is 1. The van der Waals surface area contributed by atoms with Crippen molar-refractivity contribution in [1.82, 2.24) is 15.1 Å². The molecule has 0 spiro atoms. The number of hydrogen-bond acceptors (Lipinski definition) is 3. The summed E-state index contributed by atoms with van der Waals surface area (Å²) in [7, 11) is 0. The van der Waals surface area contributed by atoms with Gasteiger partial charge in [-0.3, -0.25) is 9.69 Å². The Bertz CT molecular complexity index is 513. The predicted octanol–water partition coefficient (Wildman–Crippen LogP) is 1.78. The second-order valence-electron chi connectivity index (χ2n) is 6.34. The highest BCUT2D eigenvalue weighted by Gasteiger charge is 2.34. The number of amides is 1. The van der Waals surface area contributed by atoms with Gasteiger partial charge in [0.25, 0.3) is 0 Å². The van der Waals surface area contributed by atoms with Gasteiger partial charge >= 0.3 is 0 Å². The summed E-state index contributed by atoms with van der Waals surface area (Å²) in [6.07, 6.45) is 2.17. The van der Waals surface area contributed by atoms with Crippen LogP contribution in [0.15, 0.2) is 24.3 Å². The molecule has 3 rings (SSSR count). The Morgan fingerprint density at radius 1 is 1.23 bits per heavy atom. The van der Waals surface area contributed by atoms with E-state index in [1.165, 1.54) is 12.1 Å². The van der Waals surface area contributed by atoms with Gasteiger partial charge in [-0.05, 0) is 37.5 Å². The molecule has 4 nitrogen and oxygen atoms in total. The smallest absolute Gasteiger partial charge is 0.244 e. The number of nitrogens with zero attached hydrogens (tertiary/aromatic N) is 2. The van der Waals surface area contributed by atoms with E-state index < -0.39 is 0 Å². The first-order chi connectivity index (χ1) is 10.6. The minimum Gasteiger partial charge on any atom is -0.341 e. The van der Waals surface area contributed by atoms with E-state index in [-0.39, 0.29) is 17.8 Å². The molecule has 0 saturated carbocycles. The van der Waals surface area contributed by atoms with Gasteiger partial charge in [0.1, 0.15) is 11.9 Å². The first kappa shape index (κ1) is 15.4. The maximum absolute atomic E-state index is 13.2. The fraction of sp³-hybridized carbons (Fsp3) is 0.588. The first-order valence-corrected chi connectivity index (χ1v) is 8.17. The van der Waals surface area contributed by atoms with Gasteiger partial charge < -0.3 is 10.2 Å². The van der Waals surface area contributed by atoms with Crippen LogP contribution in [0.2, 0.25) is 0 Å². The summed E-state index contributed by atoms with van der Waals surface area (Å²) in [5, 5.41) is 3.41. The van der Waals surface area contributed by atoms with Crippen LogP contribution >= 0.6 is 0 Å². The Morgan fingerprint density at radius 3 is 2.55 bits per heavy atom. The quantitative estimate of drug-likeness (QED) is 0.925. The van der Waals surface area contributed by atoms with Crippen LogP contribution in [0.1, 0.15) is 31.4 Å². The number of piperazine rings is 1. The molecule has 2 fully saturated rings. The molecule has 0 aliphatic carbocycles. The van der Waals surface area contributed by atoms with Crippen molar-refractivity contribution in [3.8, 4) is 0 Å². The molecule has 120 valence electrons. The van der Waals surface area contributed by atoms with E-state index in [1.807, 2.05) is 4.90 Å². The second-order valence-corrected chi connectivity index (χ2v) is 6.34. The molecule has 2 atom stereocenters. The van der Waals surface area contributed by atoms with Crippen molar-refractivity contribution in [1.29, 1.82) is 0 Å². The molecule has 5 heteroatoms. The highest BCUT2D eigenvalue weighted by atomic mass is 19.1. The minimum absolute atomic E-state index is 0.165. The maximum atomic E-state index is 13.2. The Labute approximate surface area is 131 Å². The number of nitrogens with one attached hydrogen (secondary N) is 1. The van der Waals surface area contributed by atoms with Crippen molar-refractivity contribution in [2.45, 2.75) is 31.8 Å². The summed E-state index contributed by atoms with van der Waals surface area (Å²) in [6.45, 7) is 6.38. The molecule has 1 N–H and O–H groups in total. The van der Waals surface area contributed by atoms with E-state index in [1.54, 1.807) is 12.1 Å². The third-order valence-electron chi connectivity index (χ3n) is 4.60. The van der Waals surface area contributed by atoms with E-state index in [4.69, 9.17) is 0 Å². The Balaban J connectivity index is 1.86. The lowest BCUT2D eigenvalue weighted by molar-refractivity contribution is -0.136. The van der Waals surface area contributed by atoms with Gasteiger partial charge in [-0.15, -0.1) is 0 Å². The predicted molar refractivity (Wildman–Crippen MR) is 84.0 cm³/mol. The fourth-order valence-electron chi connectivity index (χ4n) is 3.46. The van der Waals surface area contributed by atoms with Crippen LogP contribution in [0.5, 0.6) is 0 Å². The average Bonchev–Trinajstić information content (AvgIpc) is 3.04. The molecule has 2 heterocycles. The monoisotopic (exact) mass is 305 g/mol. The lowest BCUT2D eigenvalue weighted by Gasteiger charge is -2.38. The molecule has 2 aliphatic heterocycles. The van der Waals surface area contributed by atoms with E-state index in [2.05, 4.69) is 17.1 Å². The molecule has 0 radical (unpaired) electrons. The van der Waals surface area contributed by atoms with E-state index in [0.29, 0.717) is 6.04 Å². The maximum Gasteiger partial charge on any atom is 0.244 e. The SMILES string of the molecule is CC1CN(C(C(=O)N2CCCC2)c2ccc(F)cc2)CCN1. The Hall–Kier alpha value is -1.46. The normalized spacial score (nSPS) is 24.5. The van der Waals surface area contributed by atoms with Crippen LogP contribution in [0.4, 0.5) is 4.39 Å². The standard InChI is InChI=1S/C17H24FN3O/c1-13-12-21(11-8-19-13)16(14-4-6-15(18)7-5-14)17(22)20-9-2-3-10-20/h4-7,13,16,19H,2-3,8-12H2,1H3. The van der Waals surface area contributed by atoms with Crippen LogP contribution in [0.25, 0.3) is 0 Å². The fourth-order valence-corrected chi connectivity index (χ4v) is 3.46. The summed E-state index contributed by atoms with van der Waals surface area (Å²) < 4.78 is 13.2. The van der Waals surface area contributed by atoms with Gasteiger partial charge in [0, 0.05) is 38.8 Å². The van der Waals surface area contributed by atoms with Crippen LogP contribution in [0.3, 0.4) is 0 Å². The largest absolute Gasteiger partial charge is 0.341 e. The molecule has 22 heavy (non-hydrogen) atoms. The third-order valence-corrected chi connectivity index (χ3v) is 4.60. The van der Waals surface area contributed by atoms with Gasteiger partial charge in [-0.1, -0.05) is 12.1 Å². The third kappa shape index (κ3) is 3.31. The van der Waals surface area contributed by atoms with Gasteiger partial charge in [-0.25, -0.2) is 4.39 Å². The highest BCUT2D eigenvalue weighted by molar-refractivity contribution is 5.83. The molecule has 0 aromatic heterocycles. The Kier molecular flexibility index (Phi) is 4.74. The second kappa shape index (κ2) is 6.75. The van der Waals surface area contributed by atoms with E-state index in [9.17, 15) is 9.18 Å². The number of carbonyl (C=O) groups excluding carboxylic acids is 1. The van der Waals surface area contributed by atoms with E-state index >= 15 is 0 Å². The van der Waals surface area contributed by atoms with Crippen molar-refractivity contribution in [2.24, 2.45) is 0 Å². The van der Waals surface area contributed by atoms with Crippen molar-refractivity contribution < 1.29 is 9.18 Å². The summed E-state index contributed by atoms with van der Waals surface area (Å²) in [6, 6.07) is 6.48. The highest BCUT2D eigenvalue weighted by Crippen LogP contribution is 2.26. The molecule has 2 unspecified atom stereocenters. The van der Waals surface area contributed by atoms with Crippen molar-refractivity contribution in [3.05, 3.63) is 35.6 Å². The zero-order chi connectivity index (χ0) is 15.5. The molecular weight excluding hydrogens is 281 g/mol. The molecule has 1 amide bonds. The summed E-state index contributed by atoms with van der Waals surface area (Å²) in [5.74, 6) is -0.0944. The minimum atomic E-state index is -0.289. The lowest BCUT2D eigenvalue weighted by Crippen LogP contribution is -2.53. The molecular formula is C17H24FN3O. The lowest BCUT2D eigenvalue weighted by atomic mass is 10.0. The molecule has 1 aromatic rings. The number of likely N-dealkylation sites (tertiary alicyclic amines) is 1.